The van der Waals surface area contributed by atoms with Crippen LogP contribution in [0.15, 0.2) is 61.2 Å². The molecule has 11 heteroatoms. The van der Waals surface area contributed by atoms with Gasteiger partial charge in [0.2, 0.25) is 0 Å². The number of rotatable bonds is 9. The summed E-state index contributed by atoms with van der Waals surface area (Å²) in [7, 11) is 7.97. The highest BCUT2D eigenvalue weighted by Crippen LogP contribution is 2.33. The summed E-state index contributed by atoms with van der Waals surface area (Å²) < 4.78 is 20.4. The minimum atomic E-state index is -0.384. The summed E-state index contributed by atoms with van der Waals surface area (Å²) >= 11 is 0. The van der Waals surface area contributed by atoms with E-state index >= 15 is 0 Å². The molecule has 41 heavy (non-hydrogen) atoms. The van der Waals surface area contributed by atoms with E-state index in [4.69, 9.17) is 9.72 Å². The third-order valence-corrected chi connectivity index (χ3v) is 6.64. The second-order valence-electron chi connectivity index (χ2n) is 10.5. The molecule has 0 saturated heterocycles. The van der Waals surface area contributed by atoms with Crippen LogP contribution in [0.5, 0.6) is 5.75 Å². The number of hydrogen-bond acceptors (Lipinski definition) is 8. The fraction of sp³-hybridized carbons (Fsp3) is 0.233. The molecule has 6 rings (SSSR count). The van der Waals surface area contributed by atoms with Gasteiger partial charge in [-0.2, -0.15) is 5.10 Å². The van der Waals surface area contributed by atoms with Gasteiger partial charge >= 0.3 is 0 Å². The lowest BCUT2D eigenvalue weighted by molar-refractivity contribution is 0.260. The second-order valence-corrected chi connectivity index (χ2v) is 10.5. The Morgan fingerprint density at radius 3 is 2.63 bits per heavy atom. The molecule has 5 heterocycles. The van der Waals surface area contributed by atoms with Gasteiger partial charge in [-0.05, 0) is 69.6 Å². The number of H-pyrrole nitrogens is 2. The van der Waals surface area contributed by atoms with Crippen molar-refractivity contribution >= 4 is 22.1 Å². The predicted molar refractivity (Wildman–Crippen MR) is 157 cm³/mol. The Balaban J connectivity index is 1.37. The largest absolute Gasteiger partial charge is 0.492 e. The van der Waals surface area contributed by atoms with Crippen LogP contribution >= 0.6 is 0 Å². The van der Waals surface area contributed by atoms with Gasteiger partial charge in [0.15, 0.2) is 11.5 Å². The number of nitrogens with one attached hydrogen (secondary N) is 2. The van der Waals surface area contributed by atoms with Crippen LogP contribution in [0.25, 0.3) is 56.0 Å². The summed E-state index contributed by atoms with van der Waals surface area (Å²) in [4.78, 5) is 25.8. The highest BCUT2D eigenvalue weighted by atomic mass is 19.1. The van der Waals surface area contributed by atoms with Crippen LogP contribution in [-0.4, -0.2) is 86.3 Å². The molecule has 0 spiro atoms. The quantitative estimate of drug-likeness (QED) is 0.264. The van der Waals surface area contributed by atoms with Gasteiger partial charge in [0.1, 0.15) is 29.4 Å². The molecule has 0 saturated carbocycles. The summed E-state index contributed by atoms with van der Waals surface area (Å²) in [6, 6.07) is 10.6. The van der Waals surface area contributed by atoms with E-state index in [1.165, 1.54) is 12.1 Å². The van der Waals surface area contributed by atoms with Crippen molar-refractivity contribution in [3.63, 3.8) is 0 Å². The van der Waals surface area contributed by atoms with Crippen LogP contribution in [0.4, 0.5) is 4.39 Å². The van der Waals surface area contributed by atoms with Crippen molar-refractivity contribution in [2.45, 2.75) is 6.54 Å². The van der Waals surface area contributed by atoms with Gasteiger partial charge in [-0.1, -0.05) is 0 Å². The van der Waals surface area contributed by atoms with Crippen LogP contribution in [0.2, 0.25) is 0 Å². The number of aromatic amines is 2. The van der Waals surface area contributed by atoms with Crippen LogP contribution < -0.4 is 4.74 Å². The number of benzene rings is 1. The van der Waals surface area contributed by atoms with Crippen molar-refractivity contribution in [3.8, 4) is 39.7 Å². The van der Waals surface area contributed by atoms with Gasteiger partial charge in [0.25, 0.3) is 0 Å². The molecule has 1 aromatic carbocycles. The van der Waals surface area contributed by atoms with Gasteiger partial charge in [0.05, 0.1) is 17.4 Å². The first-order chi connectivity index (χ1) is 19.8. The van der Waals surface area contributed by atoms with Crippen molar-refractivity contribution in [2.24, 2.45) is 0 Å². The van der Waals surface area contributed by atoms with E-state index in [-0.39, 0.29) is 5.82 Å². The molecule has 0 aliphatic heterocycles. The minimum absolute atomic E-state index is 0.384. The Hall–Kier alpha value is -4.74. The number of aromatic nitrogens is 7. The molecule has 0 aliphatic carbocycles. The van der Waals surface area contributed by atoms with Crippen molar-refractivity contribution in [1.29, 1.82) is 0 Å². The highest BCUT2D eigenvalue weighted by molar-refractivity contribution is 5.96. The molecule has 0 aliphatic rings. The van der Waals surface area contributed by atoms with Gasteiger partial charge in [-0.25, -0.2) is 14.4 Å². The Bertz CT molecular complexity index is 1840. The maximum Gasteiger partial charge on any atom is 0.160 e. The number of ether oxygens (including phenoxy) is 1. The molecule has 0 unspecified atom stereocenters. The van der Waals surface area contributed by atoms with Gasteiger partial charge in [0, 0.05) is 54.3 Å². The SMILES string of the molecule is CN(C)CCOc1cc(F)cc(-c2ccnc3[nH]c(-c4n[nH]c5cnc(-c6cncc(CN(C)C)c6)cc45)nc23)c1. The third-order valence-electron chi connectivity index (χ3n) is 6.64. The maximum absolute atomic E-state index is 14.6. The van der Waals surface area contributed by atoms with Crippen LogP contribution in [-0.2, 0) is 6.54 Å². The number of nitrogens with zero attached hydrogens (tertiary/aromatic N) is 7. The molecule has 208 valence electrons. The zero-order chi connectivity index (χ0) is 28.5. The summed E-state index contributed by atoms with van der Waals surface area (Å²) in [5.41, 5.74) is 6.78. The first-order valence-corrected chi connectivity index (χ1v) is 13.2. The zero-order valence-electron chi connectivity index (χ0n) is 23.3. The Morgan fingerprint density at radius 2 is 1.80 bits per heavy atom. The Kier molecular flexibility index (Phi) is 7.12. The molecule has 0 bridgehead atoms. The number of pyridine rings is 3. The molecule has 0 radical (unpaired) electrons. The summed E-state index contributed by atoms with van der Waals surface area (Å²) in [5, 5.41) is 8.45. The van der Waals surface area contributed by atoms with Crippen molar-refractivity contribution < 1.29 is 9.13 Å². The number of fused-ring (bicyclic) bond motifs is 2. The molecular formula is C30H30FN9O. The van der Waals surface area contributed by atoms with E-state index in [1.807, 2.05) is 63.7 Å². The van der Waals surface area contributed by atoms with E-state index in [2.05, 4.69) is 41.1 Å². The molecule has 10 nitrogen and oxygen atoms in total. The first-order valence-electron chi connectivity index (χ1n) is 13.2. The number of imidazole rings is 1. The predicted octanol–water partition coefficient (Wildman–Crippen LogP) is 4.77. The fourth-order valence-electron chi connectivity index (χ4n) is 4.74. The molecule has 0 atom stereocenters. The minimum Gasteiger partial charge on any atom is -0.492 e. The maximum atomic E-state index is 14.6. The smallest absolute Gasteiger partial charge is 0.160 e. The monoisotopic (exact) mass is 551 g/mol. The molecule has 2 N–H and O–H groups in total. The fourth-order valence-corrected chi connectivity index (χ4v) is 4.74. The number of hydrogen-bond donors (Lipinski definition) is 2. The average molecular weight is 552 g/mol. The van der Waals surface area contributed by atoms with Crippen molar-refractivity contribution in [2.75, 3.05) is 41.3 Å². The summed E-state index contributed by atoms with van der Waals surface area (Å²) in [6.07, 6.45) is 7.11. The number of likely N-dealkylation sites (N-methyl/N-ethyl adjacent to an activating group) is 1. The molecule has 5 aromatic heterocycles. The highest BCUT2D eigenvalue weighted by Gasteiger charge is 2.18. The molecule has 0 amide bonds. The van der Waals surface area contributed by atoms with Crippen molar-refractivity contribution in [1.82, 2.24) is 44.9 Å². The zero-order valence-corrected chi connectivity index (χ0v) is 23.3. The summed E-state index contributed by atoms with van der Waals surface area (Å²) in [5.74, 6) is 0.622. The summed E-state index contributed by atoms with van der Waals surface area (Å²) in [6.45, 7) is 1.96. The van der Waals surface area contributed by atoms with Gasteiger partial charge in [-0.3, -0.25) is 15.1 Å². The Labute approximate surface area is 236 Å². The normalized spacial score (nSPS) is 11.8. The molecule has 0 fully saturated rings. The van der Waals surface area contributed by atoms with E-state index in [0.29, 0.717) is 40.6 Å². The molecular weight excluding hydrogens is 521 g/mol. The topological polar surface area (TPSA) is 112 Å². The van der Waals surface area contributed by atoms with E-state index in [9.17, 15) is 4.39 Å². The lowest BCUT2D eigenvalue weighted by atomic mass is 10.1. The van der Waals surface area contributed by atoms with Gasteiger partial charge < -0.3 is 19.5 Å². The van der Waals surface area contributed by atoms with Gasteiger partial charge in [-0.15, -0.1) is 0 Å². The lowest BCUT2D eigenvalue weighted by Crippen LogP contribution is -2.19. The van der Waals surface area contributed by atoms with Crippen molar-refractivity contribution in [3.05, 3.63) is 72.6 Å². The van der Waals surface area contributed by atoms with Crippen LogP contribution in [0, 0.1) is 5.82 Å². The number of halogens is 1. The third kappa shape index (κ3) is 5.63. The lowest BCUT2D eigenvalue weighted by Gasteiger charge is -2.12. The van der Waals surface area contributed by atoms with E-state index < -0.39 is 0 Å². The molecule has 6 aromatic rings. The Morgan fingerprint density at radius 1 is 0.927 bits per heavy atom. The first kappa shape index (κ1) is 26.5. The van der Waals surface area contributed by atoms with E-state index in [1.54, 1.807) is 12.4 Å². The average Bonchev–Trinajstić information content (AvgIpc) is 3.56. The standard InChI is InChI=1S/C30H30FN9O/c1-39(2)7-8-41-22-11-19(10-21(31)12-22)23-5-6-33-29-27(23)35-30(36-29)28-24-13-25(34-16-26(24)37-38-28)20-9-18(14-32-15-20)17-40(3)4/h5-6,9-16H,7-8,17H2,1-4H3,(H,37,38)(H,33,35,36). The second kappa shape index (κ2) is 11.0. The van der Waals surface area contributed by atoms with E-state index in [0.717, 1.165) is 46.4 Å². The van der Waals surface area contributed by atoms with Crippen LogP contribution in [0.1, 0.15) is 5.56 Å². The van der Waals surface area contributed by atoms with Crippen LogP contribution in [0.3, 0.4) is 0 Å².